The Balaban J connectivity index is 1.56. The van der Waals surface area contributed by atoms with Crippen molar-refractivity contribution in [2.75, 3.05) is 24.1 Å². The number of anilines is 3. The number of nitrogens with one attached hydrogen (secondary N) is 2. The van der Waals surface area contributed by atoms with Gasteiger partial charge < -0.3 is 21.3 Å². The van der Waals surface area contributed by atoms with Gasteiger partial charge in [-0.3, -0.25) is 14.2 Å². The molecular formula is C19H22ClN7O2. The molecule has 2 fully saturated rings. The average Bonchev–Trinajstić information content (AvgIpc) is 3.49. The summed E-state index contributed by atoms with van der Waals surface area (Å²) in [6.07, 6.45) is 5.16. The van der Waals surface area contributed by atoms with Crippen LogP contribution in [0.1, 0.15) is 41.7 Å². The Labute approximate surface area is 172 Å². The molecule has 2 aliphatic heterocycles. The molecule has 2 aromatic rings. The first-order chi connectivity index (χ1) is 13.9. The van der Waals surface area contributed by atoms with Crippen LogP contribution in [0.2, 0.25) is 5.02 Å². The minimum atomic E-state index is -0.689. The van der Waals surface area contributed by atoms with Gasteiger partial charge in [-0.2, -0.15) is 0 Å². The highest BCUT2D eigenvalue weighted by molar-refractivity contribution is 6.35. The Kier molecular flexibility index (Phi) is 4.08. The smallest absolute Gasteiger partial charge is 0.276 e. The number of fused-ring (bicyclic) bond motifs is 2. The molecule has 1 spiro atoms. The third kappa shape index (κ3) is 2.87. The number of nitrogen functional groups attached to an aromatic ring is 1. The number of aromatic nitrogens is 3. The van der Waals surface area contributed by atoms with E-state index in [0.29, 0.717) is 35.8 Å². The number of hydrogen-bond donors (Lipinski definition) is 3. The third-order valence-corrected chi connectivity index (χ3v) is 6.51. The molecule has 0 radical (unpaired) electrons. The van der Waals surface area contributed by atoms with Crippen molar-refractivity contribution in [1.82, 2.24) is 24.8 Å². The van der Waals surface area contributed by atoms with E-state index in [-0.39, 0.29) is 28.1 Å². The molecule has 4 heterocycles. The number of nitrogens with two attached hydrogens (primary N) is 1. The summed E-state index contributed by atoms with van der Waals surface area (Å²) in [5.74, 6) is 0.185. The number of nitrogens with zero attached hydrogens (tertiary/aromatic N) is 4. The number of carbonyl (C=O) groups is 1. The molecule has 0 unspecified atom stereocenters. The van der Waals surface area contributed by atoms with E-state index in [2.05, 4.69) is 25.5 Å². The summed E-state index contributed by atoms with van der Waals surface area (Å²) in [5.41, 5.74) is 6.20. The second-order valence-electron chi connectivity index (χ2n) is 8.03. The van der Waals surface area contributed by atoms with Crippen LogP contribution < -0.4 is 21.9 Å². The topological polar surface area (TPSA) is 118 Å². The van der Waals surface area contributed by atoms with Gasteiger partial charge in [0.15, 0.2) is 5.82 Å². The lowest BCUT2D eigenvalue weighted by Crippen LogP contribution is -2.54. The van der Waals surface area contributed by atoms with Gasteiger partial charge in [-0.25, -0.2) is 9.97 Å². The summed E-state index contributed by atoms with van der Waals surface area (Å²) in [7, 11) is 0. The van der Waals surface area contributed by atoms with Crippen LogP contribution in [0, 0.1) is 6.92 Å². The van der Waals surface area contributed by atoms with Gasteiger partial charge >= 0.3 is 0 Å². The number of aryl methyl sites for hydroxylation is 1. The van der Waals surface area contributed by atoms with Crippen molar-refractivity contribution in [3.05, 3.63) is 39.0 Å². The molecule has 1 amide bonds. The average molecular weight is 416 g/mol. The number of halogens is 1. The monoisotopic (exact) mass is 415 g/mol. The number of likely N-dealkylation sites (tertiary alicyclic amines) is 1. The first-order valence-electron chi connectivity index (χ1n) is 9.76. The van der Waals surface area contributed by atoms with Crippen LogP contribution >= 0.6 is 11.6 Å². The second-order valence-corrected chi connectivity index (χ2v) is 8.41. The molecule has 2 aromatic heterocycles. The molecule has 0 atom stereocenters. The quantitative estimate of drug-likeness (QED) is 0.696. The molecule has 29 heavy (non-hydrogen) atoms. The predicted octanol–water partition coefficient (Wildman–Crippen LogP) is 1.58. The molecule has 0 aromatic carbocycles. The summed E-state index contributed by atoms with van der Waals surface area (Å²) in [6, 6.07) is 2.32. The zero-order valence-electron chi connectivity index (χ0n) is 16.0. The number of carbonyl (C=O) groups excluding carboxylic acids is 1. The summed E-state index contributed by atoms with van der Waals surface area (Å²) in [5, 5.41) is 6.24. The van der Waals surface area contributed by atoms with Crippen LogP contribution in [0.5, 0.6) is 0 Å². The van der Waals surface area contributed by atoms with Crippen molar-refractivity contribution >= 4 is 34.8 Å². The van der Waals surface area contributed by atoms with Gasteiger partial charge in [0.1, 0.15) is 34.2 Å². The molecule has 10 heteroatoms. The fourth-order valence-corrected chi connectivity index (χ4v) is 4.64. The molecule has 0 bridgehead atoms. The summed E-state index contributed by atoms with van der Waals surface area (Å²) < 4.78 is 1.63. The normalized spacial score (nSPS) is 20.6. The van der Waals surface area contributed by atoms with E-state index in [1.807, 2.05) is 6.92 Å². The predicted molar refractivity (Wildman–Crippen MR) is 109 cm³/mol. The Bertz CT molecular complexity index is 1070. The van der Waals surface area contributed by atoms with Gasteiger partial charge in [0.25, 0.3) is 11.5 Å². The number of amides is 1. The zero-order chi connectivity index (χ0) is 20.3. The fourth-order valence-electron chi connectivity index (χ4n) is 4.50. The number of hydrogen-bond acceptors (Lipinski definition) is 7. The molecule has 9 nitrogen and oxygen atoms in total. The van der Waals surface area contributed by atoms with Gasteiger partial charge in [0.05, 0.1) is 0 Å². The third-order valence-electron chi connectivity index (χ3n) is 6.14. The highest BCUT2D eigenvalue weighted by atomic mass is 35.5. The Morgan fingerprint density at radius 3 is 2.69 bits per heavy atom. The highest BCUT2D eigenvalue weighted by Crippen LogP contribution is 2.38. The fraction of sp³-hybridized carbons (Fsp3) is 0.474. The van der Waals surface area contributed by atoms with Crippen molar-refractivity contribution < 1.29 is 4.79 Å². The van der Waals surface area contributed by atoms with Gasteiger partial charge in [-0.05, 0) is 31.4 Å². The minimum absolute atomic E-state index is 0.128. The van der Waals surface area contributed by atoms with Crippen molar-refractivity contribution in [2.45, 2.75) is 44.3 Å². The second kappa shape index (κ2) is 6.43. The van der Waals surface area contributed by atoms with E-state index in [1.54, 1.807) is 10.6 Å². The molecular weight excluding hydrogens is 394 g/mol. The van der Waals surface area contributed by atoms with E-state index in [0.717, 1.165) is 13.1 Å². The van der Waals surface area contributed by atoms with Crippen LogP contribution in [0.4, 0.5) is 17.3 Å². The first kappa shape index (κ1) is 18.4. The number of rotatable bonds is 3. The molecule has 3 aliphatic rings. The largest absolute Gasteiger partial charge is 0.382 e. The van der Waals surface area contributed by atoms with Crippen LogP contribution in [0.3, 0.4) is 0 Å². The van der Waals surface area contributed by atoms with E-state index in [1.165, 1.54) is 19.2 Å². The van der Waals surface area contributed by atoms with Crippen molar-refractivity contribution in [1.29, 1.82) is 0 Å². The van der Waals surface area contributed by atoms with E-state index in [9.17, 15) is 9.59 Å². The van der Waals surface area contributed by atoms with Gasteiger partial charge in [-0.1, -0.05) is 11.6 Å². The van der Waals surface area contributed by atoms with Gasteiger partial charge in [0.2, 0.25) is 0 Å². The lowest BCUT2D eigenvalue weighted by Gasteiger charge is -2.40. The SMILES string of the molecule is Cc1cc(Nc2ncnc(N)c2Cl)c(=O)n2c1C(=O)NC21CCN(C2CC2)CC1. The maximum absolute atomic E-state index is 13.4. The van der Waals surface area contributed by atoms with Gasteiger partial charge in [0, 0.05) is 32.0 Å². The van der Waals surface area contributed by atoms with Crippen LogP contribution in [-0.2, 0) is 5.66 Å². The van der Waals surface area contributed by atoms with E-state index < -0.39 is 5.66 Å². The first-order valence-corrected chi connectivity index (χ1v) is 10.1. The lowest BCUT2D eigenvalue weighted by molar-refractivity contribution is 0.0728. The molecule has 5 rings (SSSR count). The minimum Gasteiger partial charge on any atom is -0.382 e. The van der Waals surface area contributed by atoms with Crippen LogP contribution in [-0.4, -0.2) is 44.5 Å². The maximum Gasteiger partial charge on any atom is 0.276 e. The van der Waals surface area contributed by atoms with Crippen LogP contribution in [0.25, 0.3) is 0 Å². The Hall–Kier alpha value is -2.65. The summed E-state index contributed by atoms with van der Waals surface area (Å²) in [4.78, 5) is 36.6. The van der Waals surface area contributed by atoms with Crippen molar-refractivity contribution in [3.8, 4) is 0 Å². The van der Waals surface area contributed by atoms with E-state index >= 15 is 0 Å². The van der Waals surface area contributed by atoms with Crippen molar-refractivity contribution in [2.24, 2.45) is 0 Å². The number of piperidine rings is 1. The zero-order valence-corrected chi connectivity index (χ0v) is 16.8. The van der Waals surface area contributed by atoms with E-state index in [4.69, 9.17) is 17.3 Å². The molecule has 1 saturated heterocycles. The lowest BCUT2D eigenvalue weighted by atomic mass is 9.96. The summed E-state index contributed by atoms with van der Waals surface area (Å²) >= 11 is 6.18. The summed E-state index contributed by atoms with van der Waals surface area (Å²) in [6.45, 7) is 3.55. The standard InChI is InChI=1S/C19H22ClN7O2/c1-10-8-12(24-16-13(20)15(21)22-9-23-16)18(29)27-14(10)17(28)25-19(27)4-6-26(7-5-19)11-2-3-11/h8-9,11H,2-7H2,1H3,(H,25,28)(H3,21,22,23,24). The highest BCUT2D eigenvalue weighted by Gasteiger charge is 2.48. The molecule has 1 aliphatic carbocycles. The Morgan fingerprint density at radius 1 is 1.28 bits per heavy atom. The van der Waals surface area contributed by atoms with Crippen molar-refractivity contribution in [3.63, 3.8) is 0 Å². The van der Waals surface area contributed by atoms with Gasteiger partial charge in [-0.15, -0.1) is 0 Å². The molecule has 1 saturated carbocycles. The molecule has 4 N–H and O–H groups in total. The van der Waals surface area contributed by atoms with Crippen LogP contribution in [0.15, 0.2) is 17.2 Å². The Morgan fingerprint density at radius 2 is 2.00 bits per heavy atom. The molecule has 152 valence electrons. The maximum atomic E-state index is 13.4. The number of pyridine rings is 1.